The zero-order valence-electron chi connectivity index (χ0n) is 7.73. The molecule has 0 saturated heterocycles. The average molecular weight is 175 g/mol. The van der Waals surface area contributed by atoms with Gasteiger partial charge in [-0.1, -0.05) is 37.3 Å². The molecule has 0 spiro atoms. The highest BCUT2D eigenvalue weighted by molar-refractivity contribution is 5.61. The van der Waals surface area contributed by atoms with Crippen LogP contribution >= 0.6 is 0 Å². The Bertz CT molecular complexity index is 307. The minimum atomic E-state index is -0.402. The molecule has 0 aliphatic carbocycles. The first-order valence-corrected chi connectivity index (χ1v) is 4.60. The summed E-state index contributed by atoms with van der Waals surface area (Å²) in [5.41, 5.74) is 0.743. The molecule has 1 aliphatic rings. The Morgan fingerprint density at radius 1 is 1.38 bits per heavy atom. The molecule has 2 nitrogen and oxygen atoms in total. The molecule has 2 rings (SSSR count). The van der Waals surface area contributed by atoms with Crippen molar-refractivity contribution in [3.05, 3.63) is 35.9 Å². The van der Waals surface area contributed by atoms with Crippen molar-refractivity contribution in [3.63, 3.8) is 0 Å². The second-order valence-corrected chi connectivity index (χ2v) is 3.13. The van der Waals surface area contributed by atoms with Gasteiger partial charge in [-0.2, -0.15) is 0 Å². The molecule has 13 heavy (non-hydrogen) atoms. The van der Waals surface area contributed by atoms with E-state index in [9.17, 15) is 0 Å². The van der Waals surface area contributed by atoms with Crippen LogP contribution in [0.25, 0.3) is 0 Å². The van der Waals surface area contributed by atoms with E-state index in [-0.39, 0.29) is 0 Å². The Morgan fingerprint density at radius 2 is 2.15 bits per heavy atom. The minimum absolute atomic E-state index is 0.402. The van der Waals surface area contributed by atoms with Crippen LogP contribution in [0.3, 0.4) is 0 Å². The SMILES string of the molecule is CCC1(c2ccccc2)N=CCO1. The first-order chi connectivity index (χ1) is 6.37. The maximum Gasteiger partial charge on any atom is 0.184 e. The van der Waals surface area contributed by atoms with Crippen molar-refractivity contribution < 1.29 is 4.74 Å². The lowest BCUT2D eigenvalue weighted by Crippen LogP contribution is -2.22. The van der Waals surface area contributed by atoms with Gasteiger partial charge in [0, 0.05) is 11.8 Å². The molecular weight excluding hydrogens is 162 g/mol. The van der Waals surface area contributed by atoms with Crippen molar-refractivity contribution >= 4 is 6.21 Å². The van der Waals surface area contributed by atoms with Crippen LogP contribution in [-0.4, -0.2) is 12.8 Å². The third-order valence-electron chi connectivity index (χ3n) is 2.40. The van der Waals surface area contributed by atoms with Crippen LogP contribution in [0, 0.1) is 0 Å². The van der Waals surface area contributed by atoms with Crippen molar-refractivity contribution in [2.75, 3.05) is 6.61 Å². The fraction of sp³-hybridized carbons (Fsp3) is 0.364. The lowest BCUT2D eigenvalue weighted by Gasteiger charge is -2.24. The van der Waals surface area contributed by atoms with Crippen LogP contribution in [0.15, 0.2) is 35.3 Å². The minimum Gasteiger partial charge on any atom is -0.344 e. The molecule has 0 saturated carbocycles. The smallest absolute Gasteiger partial charge is 0.184 e. The number of ether oxygens (including phenoxy) is 1. The molecule has 2 heteroatoms. The summed E-state index contributed by atoms with van der Waals surface area (Å²) in [4.78, 5) is 4.41. The highest BCUT2D eigenvalue weighted by Crippen LogP contribution is 2.32. The summed E-state index contributed by atoms with van der Waals surface area (Å²) in [6.45, 7) is 2.72. The molecule has 1 atom stereocenters. The molecular formula is C11H13NO. The van der Waals surface area contributed by atoms with Gasteiger partial charge in [-0.3, -0.25) is 4.99 Å². The van der Waals surface area contributed by atoms with Gasteiger partial charge in [0.05, 0.1) is 6.61 Å². The Balaban J connectivity index is 2.37. The molecule has 68 valence electrons. The highest BCUT2D eigenvalue weighted by Gasteiger charge is 2.32. The van der Waals surface area contributed by atoms with E-state index < -0.39 is 5.72 Å². The largest absolute Gasteiger partial charge is 0.344 e. The maximum absolute atomic E-state index is 5.65. The van der Waals surface area contributed by atoms with Crippen LogP contribution < -0.4 is 0 Å². The van der Waals surface area contributed by atoms with E-state index in [0.717, 1.165) is 12.0 Å². The van der Waals surface area contributed by atoms with Crippen LogP contribution in [0.2, 0.25) is 0 Å². The Kier molecular flexibility index (Phi) is 2.15. The second kappa shape index (κ2) is 3.30. The molecule has 0 fully saturated rings. The molecule has 1 aliphatic heterocycles. The monoisotopic (exact) mass is 175 g/mol. The number of benzene rings is 1. The molecule has 0 amide bonds. The van der Waals surface area contributed by atoms with Crippen molar-refractivity contribution in [2.45, 2.75) is 19.1 Å². The van der Waals surface area contributed by atoms with Crippen molar-refractivity contribution in [3.8, 4) is 0 Å². The van der Waals surface area contributed by atoms with Crippen LogP contribution in [0.1, 0.15) is 18.9 Å². The van der Waals surface area contributed by atoms with Crippen molar-refractivity contribution in [2.24, 2.45) is 4.99 Å². The van der Waals surface area contributed by atoms with Gasteiger partial charge in [0.1, 0.15) is 0 Å². The summed E-state index contributed by atoms with van der Waals surface area (Å²) in [6, 6.07) is 10.2. The van der Waals surface area contributed by atoms with Gasteiger partial charge in [-0.05, 0) is 6.42 Å². The lowest BCUT2D eigenvalue weighted by molar-refractivity contribution is -0.00739. The molecule has 0 aromatic heterocycles. The summed E-state index contributed by atoms with van der Waals surface area (Å²) < 4.78 is 5.65. The van der Waals surface area contributed by atoms with Crippen molar-refractivity contribution in [1.29, 1.82) is 0 Å². The van der Waals surface area contributed by atoms with Gasteiger partial charge < -0.3 is 4.74 Å². The number of aliphatic imine (C=N–C) groups is 1. The Hall–Kier alpha value is -1.15. The average Bonchev–Trinajstić information content (AvgIpc) is 2.69. The quantitative estimate of drug-likeness (QED) is 0.676. The third-order valence-corrected chi connectivity index (χ3v) is 2.40. The van der Waals surface area contributed by atoms with Crippen LogP contribution in [0.5, 0.6) is 0 Å². The predicted octanol–water partition coefficient (Wildman–Crippen LogP) is 2.35. The molecule has 1 aromatic rings. The molecule has 0 N–H and O–H groups in total. The number of hydrogen-bond donors (Lipinski definition) is 0. The Labute approximate surface area is 78.3 Å². The third kappa shape index (κ3) is 1.38. The summed E-state index contributed by atoms with van der Waals surface area (Å²) in [5.74, 6) is 0. The summed E-state index contributed by atoms with van der Waals surface area (Å²) >= 11 is 0. The second-order valence-electron chi connectivity index (χ2n) is 3.13. The fourth-order valence-electron chi connectivity index (χ4n) is 1.65. The van der Waals surface area contributed by atoms with Gasteiger partial charge in [-0.25, -0.2) is 0 Å². The Morgan fingerprint density at radius 3 is 2.69 bits per heavy atom. The fourth-order valence-corrected chi connectivity index (χ4v) is 1.65. The van der Waals surface area contributed by atoms with E-state index in [1.54, 1.807) is 0 Å². The first-order valence-electron chi connectivity index (χ1n) is 4.60. The molecule has 0 bridgehead atoms. The van der Waals surface area contributed by atoms with Crippen LogP contribution in [-0.2, 0) is 10.5 Å². The van der Waals surface area contributed by atoms with E-state index in [4.69, 9.17) is 4.74 Å². The molecule has 0 radical (unpaired) electrons. The van der Waals surface area contributed by atoms with E-state index >= 15 is 0 Å². The highest BCUT2D eigenvalue weighted by atomic mass is 16.5. The van der Waals surface area contributed by atoms with E-state index in [1.165, 1.54) is 0 Å². The van der Waals surface area contributed by atoms with E-state index in [2.05, 4.69) is 24.0 Å². The van der Waals surface area contributed by atoms with Crippen molar-refractivity contribution in [1.82, 2.24) is 0 Å². The topological polar surface area (TPSA) is 21.6 Å². The summed E-state index contributed by atoms with van der Waals surface area (Å²) in [7, 11) is 0. The lowest BCUT2D eigenvalue weighted by atomic mass is 10.0. The standard InChI is InChI=1S/C11H13NO/c1-2-11(12-8-9-13-11)10-6-4-3-5-7-10/h3-8H,2,9H2,1H3. The van der Waals surface area contributed by atoms with E-state index in [0.29, 0.717) is 6.61 Å². The number of rotatable bonds is 2. The number of hydrogen-bond acceptors (Lipinski definition) is 2. The first kappa shape index (κ1) is 8.45. The van der Waals surface area contributed by atoms with Gasteiger partial charge in [0.25, 0.3) is 0 Å². The zero-order valence-corrected chi connectivity index (χ0v) is 7.73. The van der Waals surface area contributed by atoms with Gasteiger partial charge in [-0.15, -0.1) is 0 Å². The van der Waals surface area contributed by atoms with Gasteiger partial charge >= 0.3 is 0 Å². The molecule has 1 unspecified atom stereocenters. The molecule has 1 aromatic carbocycles. The summed E-state index contributed by atoms with van der Waals surface area (Å²) in [5, 5.41) is 0. The maximum atomic E-state index is 5.65. The van der Waals surface area contributed by atoms with E-state index in [1.807, 2.05) is 24.4 Å². The molecule has 1 heterocycles. The summed E-state index contributed by atoms with van der Waals surface area (Å²) in [6.07, 6.45) is 2.73. The van der Waals surface area contributed by atoms with Gasteiger partial charge in [0.15, 0.2) is 5.72 Å². The zero-order chi connectivity index (χ0) is 9.15. The number of nitrogens with zero attached hydrogens (tertiary/aromatic N) is 1. The van der Waals surface area contributed by atoms with Crippen LogP contribution in [0.4, 0.5) is 0 Å². The normalized spacial score (nSPS) is 26.5. The van der Waals surface area contributed by atoms with Gasteiger partial charge in [0.2, 0.25) is 0 Å². The predicted molar refractivity (Wildman–Crippen MR) is 52.9 cm³/mol.